The van der Waals surface area contributed by atoms with Crippen molar-refractivity contribution in [2.75, 3.05) is 18.5 Å². The van der Waals surface area contributed by atoms with Crippen molar-refractivity contribution in [3.05, 3.63) is 59.2 Å². The lowest BCUT2D eigenvalue weighted by Gasteiger charge is -2.21. The molecule has 1 N–H and O–H groups in total. The highest BCUT2D eigenvalue weighted by atomic mass is 16.5. The summed E-state index contributed by atoms with van der Waals surface area (Å²) < 4.78 is 5.49. The quantitative estimate of drug-likeness (QED) is 0.903. The van der Waals surface area contributed by atoms with Crippen LogP contribution in [-0.4, -0.2) is 13.2 Å². The normalized spacial score (nSPS) is 13.4. The summed E-state index contributed by atoms with van der Waals surface area (Å²) in [4.78, 5) is 0. The van der Waals surface area contributed by atoms with Crippen molar-refractivity contribution in [2.24, 2.45) is 0 Å². The number of para-hydroxylation sites is 1. The van der Waals surface area contributed by atoms with Crippen LogP contribution in [0, 0.1) is 0 Å². The van der Waals surface area contributed by atoms with E-state index in [0.29, 0.717) is 0 Å². The van der Waals surface area contributed by atoms with Gasteiger partial charge in [-0.3, -0.25) is 0 Å². The van der Waals surface area contributed by atoms with Crippen LogP contribution in [0.4, 0.5) is 5.69 Å². The standard InChI is InChI=1S/C18H21NO/c1-2-20-17-10-8-14(9-11-17)13-16-6-3-5-15-7-4-12-19-18(15)16/h3,5-6,8-11,19H,2,4,7,12-13H2,1H3. The van der Waals surface area contributed by atoms with Crippen LogP contribution in [0.2, 0.25) is 0 Å². The van der Waals surface area contributed by atoms with E-state index in [0.717, 1.165) is 25.3 Å². The lowest BCUT2D eigenvalue weighted by atomic mass is 9.95. The molecule has 2 aromatic rings. The third-order valence-electron chi connectivity index (χ3n) is 3.79. The summed E-state index contributed by atoms with van der Waals surface area (Å²) in [5.41, 5.74) is 5.54. The molecule has 0 aliphatic carbocycles. The predicted octanol–water partition coefficient (Wildman–Crippen LogP) is 4.03. The molecule has 0 bridgehead atoms. The Bertz CT molecular complexity index is 574. The zero-order valence-corrected chi connectivity index (χ0v) is 12.0. The molecular weight excluding hydrogens is 246 g/mol. The molecule has 0 aromatic heterocycles. The van der Waals surface area contributed by atoms with Gasteiger partial charge in [-0.15, -0.1) is 0 Å². The van der Waals surface area contributed by atoms with Crippen molar-refractivity contribution in [3.63, 3.8) is 0 Å². The fourth-order valence-electron chi connectivity index (χ4n) is 2.82. The largest absolute Gasteiger partial charge is 0.494 e. The van der Waals surface area contributed by atoms with E-state index in [4.69, 9.17) is 4.74 Å². The van der Waals surface area contributed by atoms with Gasteiger partial charge in [0.2, 0.25) is 0 Å². The van der Waals surface area contributed by atoms with Gasteiger partial charge in [0.15, 0.2) is 0 Å². The molecule has 2 heteroatoms. The summed E-state index contributed by atoms with van der Waals surface area (Å²) in [6.45, 7) is 3.82. The minimum absolute atomic E-state index is 0.718. The summed E-state index contributed by atoms with van der Waals surface area (Å²) in [6.07, 6.45) is 3.40. The molecule has 0 unspecified atom stereocenters. The molecule has 0 saturated heterocycles. The van der Waals surface area contributed by atoms with E-state index in [9.17, 15) is 0 Å². The SMILES string of the molecule is CCOc1ccc(Cc2cccc3c2NCCC3)cc1. The van der Waals surface area contributed by atoms with Gasteiger partial charge in [0.1, 0.15) is 5.75 Å². The van der Waals surface area contributed by atoms with Gasteiger partial charge in [-0.1, -0.05) is 30.3 Å². The molecule has 0 fully saturated rings. The highest BCUT2D eigenvalue weighted by Gasteiger charge is 2.12. The maximum atomic E-state index is 5.49. The molecule has 20 heavy (non-hydrogen) atoms. The Kier molecular flexibility index (Phi) is 3.91. The Morgan fingerprint density at radius 1 is 1.10 bits per heavy atom. The van der Waals surface area contributed by atoms with E-state index in [2.05, 4.69) is 47.8 Å². The molecule has 1 aliphatic rings. The minimum Gasteiger partial charge on any atom is -0.494 e. The van der Waals surface area contributed by atoms with Gasteiger partial charge in [-0.05, 0) is 55.0 Å². The highest BCUT2D eigenvalue weighted by Crippen LogP contribution is 2.28. The van der Waals surface area contributed by atoms with Crippen molar-refractivity contribution in [3.8, 4) is 5.75 Å². The number of aryl methyl sites for hydroxylation is 1. The van der Waals surface area contributed by atoms with Gasteiger partial charge in [-0.25, -0.2) is 0 Å². The van der Waals surface area contributed by atoms with Gasteiger partial charge in [0.25, 0.3) is 0 Å². The summed E-state index contributed by atoms with van der Waals surface area (Å²) in [5, 5.41) is 3.56. The number of fused-ring (bicyclic) bond motifs is 1. The molecule has 0 saturated carbocycles. The zero-order valence-electron chi connectivity index (χ0n) is 12.0. The number of hydrogen-bond donors (Lipinski definition) is 1. The summed E-state index contributed by atoms with van der Waals surface area (Å²) >= 11 is 0. The summed E-state index contributed by atoms with van der Waals surface area (Å²) in [6, 6.07) is 15.1. The van der Waals surface area contributed by atoms with Crippen LogP contribution in [0.25, 0.3) is 0 Å². The van der Waals surface area contributed by atoms with Gasteiger partial charge in [0.05, 0.1) is 6.61 Å². The first kappa shape index (κ1) is 13.0. The molecule has 0 spiro atoms. The second-order valence-electron chi connectivity index (χ2n) is 5.24. The first-order chi connectivity index (χ1) is 9.86. The van der Waals surface area contributed by atoms with Gasteiger partial charge in [-0.2, -0.15) is 0 Å². The molecule has 0 amide bonds. The number of rotatable bonds is 4. The second-order valence-corrected chi connectivity index (χ2v) is 5.24. The Morgan fingerprint density at radius 3 is 2.75 bits per heavy atom. The zero-order chi connectivity index (χ0) is 13.8. The Labute approximate surface area is 120 Å². The molecule has 1 heterocycles. The molecule has 0 radical (unpaired) electrons. The van der Waals surface area contributed by atoms with Crippen molar-refractivity contribution < 1.29 is 4.74 Å². The molecular formula is C18H21NO. The number of hydrogen-bond acceptors (Lipinski definition) is 2. The Hall–Kier alpha value is -1.96. The third-order valence-corrected chi connectivity index (χ3v) is 3.79. The van der Waals surface area contributed by atoms with Crippen LogP contribution in [-0.2, 0) is 12.8 Å². The lowest BCUT2D eigenvalue weighted by molar-refractivity contribution is 0.340. The van der Waals surface area contributed by atoms with Gasteiger partial charge in [0, 0.05) is 12.2 Å². The molecule has 0 atom stereocenters. The van der Waals surface area contributed by atoms with E-state index in [1.54, 1.807) is 0 Å². The van der Waals surface area contributed by atoms with Crippen LogP contribution < -0.4 is 10.1 Å². The average molecular weight is 267 g/mol. The fourth-order valence-corrected chi connectivity index (χ4v) is 2.82. The monoisotopic (exact) mass is 267 g/mol. The molecule has 104 valence electrons. The maximum absolute atomic E-state index is 5.49. The summed E-state index contributed by atoms with van der Waals surface area (Å²) in [7, 11) is 0. The Morgan fingerprint density at radius 2 is 1.95 bits per heavy atom. The van der Waals surface area contributed by atoms with E-state index < -0.39 is 0 Å². The smallest absolute Gasteiger partial charge is 0.119 e. The van der Waals surface area contributed by atoms with Crippen molar-refractivity contribution >= 4 is 5.69 Å². The van der Waals surface area contributed by atoms with E-state index in [1.165, 1.54) is 35.2 Å². The fraction of sp³-hybridized carbons (Fsp3) is 0.333. The van der Waals surface area contributed by atoms with Crippen LogP contribution in [0.15, 0.2) is 42.5 Å². The topological polar surface area (TPSA) is 21.3 Å². The number of anilines is 1. The first-order valence-electron chi connectivity index (χ1n) is 7.43. The van der Waals surface area contributed by atoms with Gasteiger partial charge < -0.3 is 10.1 Å². The first-order valence-corrected chi connectivity index (χ1v) is 7.43. The highest BCUT2D eigenvalue weighted by molar-refractivity contribution is 5.60. The van der Waals surface area contributed by atoms with Crippen LogP contribution >= 0.6 is 0 Å². The molecule has 3 rings (SSSR count). The predicted molar refractivity (Wildman–Crippen MR) is 83.7 cm³/mol. The molecule has 1 aliphatic heterocycles. The second kappa shape index (κ2) is 6.00. The van der Waals surface area contributed by atoms with Crippen LogP contribution in [0.1, 0.15) is 30.0 Å². The van der Waals surface area contributed by atoms with E-state index >= 15 is 0 Å². The van der Waals surface area contributed by atoms with Gasteiger partial charge >= 0.3 is 0 Å². The lowest BCUT2D eigenvalue weighted by Crippen LogP contribution is -2.13. The van der Waals surface area contributed by atoms with Crippen LogP contribution in [0.3, 0.4) is 0 Å². The van der Waals surface area contributed by atoms with E-state index in [-0.39, 0.29) is 0 Å². The Balaban J connectivity index is 1.80. The number of nitrogens with one attached hydrogen (secondary N) is 1. The average Bonchev–Trinajstić information content (AvgIpc) is 2.50. The minimum atomic E-state index is 0.718. The maximum Gasteiger partial charge on any atom is 0.119 e. The molecule has 2 aromatic carbocycles. The number of ether oxygens (including phenoxy) is 1. The summed E-state index contributed by atoms with van der Waals surface area (Å²) in [5.74, 6) is 0.949. The van der Waals surface area contributed by atoms with Crippen molar-refractivity contribution in [1.82, 2.24) is 0 Å². The van der Waals surface area contributed by atoms with Crippen molar-refractivity contribution in [2.45, 2.75) is 26.2 Å². The molecule has 2 nitrogen and oxygen atoms in total. The number of benzene rings is 2. The third kappa shape index (κ3) is 2.79. The van der Waals surface area contributed by atoms with Crippen molar-refractivity contribution in [1.29, 1.82) is 0 Å². The van der Waals surface area contributed by atoms with E-state index in [1.807, 2.05) is 6.92 Å². The van der Waals surface area contributed by atoms with Crippen LogP contribution in [0.5, 0.6) is 5.75 Å².